The molecule has 1 amide bonds. The van der Waals surface area contributed by atoms with Crippen LogP contribution in [-0.2, 0) is 9.59 Å². The number of carbonyl (C=O) groups is 2. The second kappa shape index (κ2) is 5.56. The van der Waals surface area contributed by atoms with Crippen LogP contribution in [0, 0.1) is 5.92 Å². The summed E-state index contributed by atoms with van der Waals surface area (Å²) in [5.74, 6) is -2.20. The molecule has 6 heteroatoms. The Morgan fingerprint density at radius 2 is 1.93 bits per heavy atom. The number of aliphatic carboxylic acids is 1. The minimum atomic E-state index is -1.28. The first-order valence-electron chi connectivity index (χ1n) is 4.31. The van der Waals surface area contributed by atoms with Crippen LogP contribution in [0.4, 0.5) is 0 Å². The fourth-order valence-electron chi connectivity index (χ4n) is 0.791. The molecular formula is C8H16N2O4. The van der Waals surface area contributed by atoms with E-state index >= 15 is 0 Å². The molecule has 0 rings (SSSR count). The Balaban J connectivity index is 4.31. The Hall–Kier alpha value is -1.14. The molecule has 0 saturated carbocycles. The molecule has 0 bridgehead atoms. The number of amides is 1. The molecular weight excluding hydrogens is 188 g/mol. The lowest BCUT2D eigenvalue weighted by Crippen LogP contribution is -2.50. The number of aliphatic hydroxyl groups excluding tert-OH is 1. The predicted molar refractivity (Wildman–Crippen MR) is 49.5 cm³/mol. The van der Waals surface area contributed by atoms with E-state index in [9.17, 15) is 9.59 Å². The van der Waals surface area contributed by atoms with E-state index in [-0.39, 0.29) is 6.54 Å². The summed E-state index contributed by atoms with van der Waals surface area (Å²) < 4.78 is 0. The highest BCUT2D eigenvalue weighted by atomic mass is 16.4. The predicted octanol–water partition coefficient (Wildman–Crippen LogP) is -1.47. The zero-order valence-corrected chi connectivity index (χ0v) is 8.23. The molecule has 0 aliphatic carbocycles. The number of nitrogens with one attached hydrogen (secondary N) is 1. The van der Waals surface area contributed by atoms with Gasteiger partial charge in [0.15, 0.2) is 6.04 Å². The maximum atomic E-state index is 11.2. The highest BCUT2D eigenvalue weighted by molar-refractivity contribution is 5.85. The summed E-state index contributed by atoms with van der Waals surface area (Å²) in [6, 6.07) is -1.28. The van der Waals surface area contributed by atoms with Gasteiger partial charge >= 0.3 is 5.97 Å². The van der Waals surface area contributed by atoms with Crippen molar-refractivity contribution in [3.63, 3.8) is 0 Å². The lowest BCUT2D eigenvalue weighted by molar-refractivity contribution is -0.145. The van der Waals surface area contributed by atoms with E-state index in [1.54, 1.807) is 6.92 Å². The van der Waals surface area contributed by atoms with Gasteiger partial charge in [0.1, 0.15) is 0 Å². The summed E-state index contributed by atoms with van der Waals surface area (Å²) in [5, 5.41) is 19.9. The van der Waals surface area contributed by atoms with E-state index in [0.717, 1.165) is 0 Å². The Kier molecular flexibility index (Phi) is 5.11. The van der Waals surface area contributed by atoms with Gasteiger partial charge in [0, 0.05) is 12.5 Å². The van der Waals surface area contributed by atoms with Crippen LogP contribution in [0.25, 0.3) is 0 Å². The van der Waals surface area contributed by atoms with Gasteiger partial charge in [0.2, 0.25) is 5.91 Å². The molecule has 0 aliphatic rings. The zero-order chi connectivity index (χ0) is 11.3. The van der Waals surface area contributed by atoms with Crippen molar-refractivity contribution in [1.82, 2.24) is 5.32 Å². The van der Waals surface area contributed by atoms with Crippen LogP contribution in [0.5, 0.6) is 0 Å². The molecule has 0 aromatic rings. The number of carbonyl (C=O) groups excluding carboxylic acids is 1. The molecule has 82 valence electrons. The van der Waals surface area contributed by atoms with E-state index < -0.39 is 29.9 Å². The molecule has 3 atom stereocenters. The quantitative estimate of drug-likeness (QED) is 0.437. The lowest BCUT2D eigenvalue weighted by Gasteiger charge is -2.18. The first kappa shape index (κ1) is 12.9. The van der Waals surface area contributed by atoms with Crippen molar-refractivity contribution in [3.05, 3.63) is 0 Å². The zero-order valence-electron chi connectivity index (χ0n) is 8.23. The highest BCUT2D eigenvalue weighted by Gasteiger charge is 2.26. The van der Waals surface area contributed by atoms with Gasteiger partial charge in [-0.3, -0.25) is 4.79 Å². The SMILES string of the molecule is CC(CN)C(=O)N[C@H](C(=O)O)[C@@H](C)O. The van der Waals surface area contributed by atoms with Crippen molar-refractivity contribution in [3.8, 4) is 0 Å². The number of aliphatic hydroxyl groups is 1. The Labute approximate surface area is 82.1 Å². The summed E-state index contributed by atoms with van der Waals surface area (Å²) in [7, 11) is 0. The number of hydrogen-bond donors (Lipinski definition) is 4. The van der Waals surface area contributed by atoms with Crippen molar-refractivity contribution in [2.75, 3.05) is 6.54 Å². The van der Waals surface area contributed by atoms with Crippen LogP contribution in [-0.4, -0.2) is 40.8 Å². The number of nitrogens with two attached hydrogens (primary N) is 1. The minimum absolute atomic E-state index is 0.137. The number of rotatable bonds is 5. The molecule has 14 heavy (non-hydrogen) atoms. The molecule has 0 aliphatic heterocycles. The van der Waals surface area contributed by atoms with Gasteiger partial charge in [-0.25, -0.2) is 4.79 Å². The van der Waals surface area contributed by atoms with Crippen LogP contribution < -0.4 is 11.1 Å². The van der Waals surface area contributed by atoms with Gasteiger partial charge in [-0.15, -0.1) is 0 Å². The van der Waals surface area contributed by atoms with Crippen molar-refractivity contribution in [2.24, 2.45) is 11.7 Å². The molecule has 0 aromatic heterocycles. The first-order valence-corrected chi connectivity index (χ1v) is 4.31. The summed E-state index contributed by atoms with van der Waals surface area (Å²) in [5.41, 5.74) is 5.23. The van der Waals surface area contributed by atoms with E-state index in [2.05, 4.69) is 5.32 Å². The van der Waals surface area contributed by atoms with Crippen molar-refractivity contribution < 1.29 is 19.8 Å². The molecule has 0 heterocycles. The third-order valence-electron chi connectivity index (χ3n) is 1.85. The third-order valence-corrected chi connectivity index (χ3v) is 1.85. The average Bonchev–Trinajstić information content (AvgIpc) is 2.11. The summed E-state index contributed by atoms with van der Waals surface area (Å²) >= 11 is 0. The smallest absolute Gasteiger partial charge is 0.328 e. The van der Waals surface area contributed by atoms with Gasteiger partial charge in [-0.05, 0) is 6.92 Å². The van der Waals surface area contributed by atoms with E-state index in [1.807, 2.05) is 0 Å². The Morgan fingerprint density at radius 1 is 1.43 bits per heavy atom. The molecule has 6 nitrogen and oxygen atoms in total. The Bertz CT molecular complexity index is 217. The molecule has 0 radical (unpaired) electrons. The largest absolute Gasteiger partial charge is 0.480 e. The third kappa shape index (κ3) is 3.71. The molecule has 0 aromatic carbocycles. The summed E-state index contributed by atoms with van der Waals surface area (Å²) in [6.07, 6.45) is -1.14. The molecule has 0 saturated heterocycles. The van der Waals surface area contributed by atoms with Gasteiger partial charge in [-0.1, -0.05) is 6.92 Å². The maximum absolute atomic E-state index is 11.2. The van der Waals surface area contributed by atoms with Crippen LogP contribution in [0.2, 0.25) is 0 Å². The van der Waals surface area contributed by atoms with Gasteiger partial charge in [-0.2, -0.15) is 0 Å². The van der Waals surface area contributed by atoms with Gasteiger partial charge in [0.25, 0.3) is 0 Å². The maximum Gasteiger partial charge on any atom is 0.328 e. The summed E-state index contributed by atoms with van der Waals surface area (Å²) in [4.78, 5) is 21.8. The van der Waals surface area contributed by atoms with Crippen LogP contribution in [0.3, 0.4) is 0 Å². The van der Waals surface area contributed by atoms with E-state index in [4.69, 9.17) is 15.9 Å². The van der Waals surface area contributed by atoms with Crippen LogP contribution in [0.1, 0.15) is 13.8 Å². The van der Waals surface area contributed by atoms with E-state index in [0.29, 0.717) is 0 Å². The number of carboxylic acids is 1. The standard InChI is InChI=1S/C8H16N2O4/c1-4(3-9)7(12)10-6(5(2)11)8(13)14/h4-6,11H,3,9H2,1-2H3,(H,10,12)(H,13,14)/t4?,5-,6+/m1/s1. The highest BCUT2D eigenvalue weighted by Crippen LogP contribution is 1.97. The van der Waals surface area contributed by atoms with Crippen molar-refractivity contribution in [2.45, 2.75) is 26.0 Å². The monoisotopic (exact) mass is 204 g/mol. The first-order chi connectivity index (χ1) is 6.40. The number of hydrogen-bond acceptors (Lipinski definition) is 4. The second-order valence-corrected chi connectivity index (χ2v) is 3.20. The fourth-order valence-corrected chi connectivity index (χ4v) is 0.791. The Morgan fingerprint density at radius 3 is 2.21 bits per heavy atom. The minimum Gasteiger partial charge on any atom is -0.480 e. The number of carboxylic acid groups (broad SMARTS) is 1. The molecule has 1 unspecified atom stereocenters. The van der Waals surface area contributed by atoms with Crippen LogP contribution >= 0.6 is 0 Å². The summed E-state index contributed by atoms with van der Waals surface area (Å²) in [6.45, 7) is 3.01. The van der Waals surface area contributed by atoms with Gasteiger partial charge in [0.05, 0.1) is 6.10 Å². The topological polar surface area (TPSA) is 113 Å². The normalized spacial score (nSPS) is 16.9. The van der Waals surface area contributed by atoms with Crippen LogP contribution in [0.15, 0.2) is 0 Å². The van der Waals surface area contributed by atoms with E-state index in [1.165, 1.54) is 6.92 Å². The molecule has 0 fully saturated rings. The fraction of sp³-hybridized carbons (Fsp3) is 0.750. The average molecular weight is 204 g/mol. The molecule has 5 N–H and O–H groups in total. The van der Waals surface area contributed by atoms with Crippen molar-refractivity contribution >= 4 is 11.9 Å². The second-order valence-electron chi connectivity index (χ2n) is 3.20. The molecule has 0 spiro atoms. The lowest BCUT2D eigenvalue weighted by atomic mass is 10.1. The van der Waals surface area contributed by atoms with Crippen molar-refractivity contribution in [1.29, 1.82) is 0 Å². The van der Waals surface area contributed by atoms with Gasteiger partial charge < -0.3 is 21.3 Å².